The van der Waals surface area contributed by atoms with Gasteiger partial charge in [-0.1, -0.05) is 11.6 Å². The van der Waals surface area contributed by atoms with Crippen molar-refractivity contribution in [1.82, 2.24) is 4.90 Å². The van der Waals surface area contributed by atoms with Gasteiger partial charge in [0, 0.05) is 18.1 Å². The fourth-order valence-electron chi connectivity index (χ4n) is 3.10. The van der Waals surface area contributed by atoms with Gasteiger partial charge in [-0.25, -0.2) is 8.42 Å². The second-order valence-electron chi connectivity index (χ2n) is 6.43. The van der Waals surface area contributed by atoms with Crippen LogP contribution in [0.5, 0.6) is 5.75 Å². The molecule has 0 aromatic heterocycles. The molecule has 0 unspecified atom stereocenters. The summed E-state index contributed by atoms with van der Waals surface area (Å²) in [5.41, 5.74) is 1.16. The van der Waals surface area contributed by atoms with Crippen molar-refractivity contribution in [3.05, 3.63) is 52.5 Å². The van der Waals surface area contributed by atoms with Crippen molar-refractivity contribution in [2.75, 3.05) is 24.9 Å². The van der Waals surface area contributed by atoms with E-state index in [0.717, 1.165) is 12.8 Å². The van der Waals surface area contributed by atoms with Crippen LogP contribution in [-0.2, 0) is 10.0 Å². The molecule has 0 bridgehead atoms. The van der Waals surface area contributed by atoms with E-state index in [-0.39, 0.29) is 22.1 Å². The third kappa shape index (κ3) is 4.20. The molecule has 144 valence electrons. The van der Waals surface area contributed by atoms with Crippen molar-refractivity contribution < 1.29 is 17.9 Å². The first-order valence-electron chi connectivity index (χ1n) is 8.58. The van der Waals surface area contributed by atoms with Crippen LogP contribution < -0.4 is 9.46 Å². The van der Waals surface area contributed by atoms with E-state index >= 15 is 0 Å². The zero-order valence-corrected chi connectivity index (χ0v) is 16.7. The average Bonchev–Trinajstić information content (AvgIpc) is 3.15. The van der Waals surface area contributed by atoms with Crippen molar-refractivity contribution in [1.29, 1.82) is 0 Å². The van der Waals surface area contributed by atoms with E-state index in [1.165, 1.54) is 25.3 Å². The molecule has 1 N–H and O–H groups in total. The van der Waals surface area contributed by atoms with Gasteiger partial charge in [0.05, 0.1) is 23.3 Å². The Balaban J connectivity index is 1.95. The van der Waals surface area contributed by atoms with Gasteiger partial charge in [-0.05, 0) is 61.7 Å². The number of sulfonamides is 1. The summed E-state index contributed by atoms with van der Waals surface area (Å²) in [6.07, 6.45) is 1.90. The molecule has 2 aromatic rings. The molecule has 0 saturated carbocycles. The smallest absolute Gasteiger partial charge is 0.261 e. The molecule has 0 aliphatic carbocycles. The van der Waals surface area contributed by atoms with Crippen LogP contribution in [0.4, 0.5) is 5.69 Å². The summed E-state index contributed by atoms with van der Waals surface area (Å²) in [7, 11) is -2.37. The van der Waals surface area contributed by atoms with Crippen LogP contribution >= 0.6 is 11.6 Å². The fourth-order valence-corrected chi connectivity index (χ4v) is 4.43. The van der Waals surface area contributed by atoms with Crippen LogP contribution in [0.25, 0.3) is 0 Å². The zero-order chi connectivity index (χ0) is 19.6. The summed E-state index contributed by atoms with van der Waals surface area (Å²) in [6, 6.07) is 9.17. The summed E-state index contributed by atoms with van der Waals surface area (Å²) >= 11 is 6.04. The fraction of sp³-hybridized carbons (Fsp3) is 0.316. The average molecular weight is 409 g/mol. The molecule has 1 saturated heterocycles. The van der Waals surface area contributed by atoms with E-state index in [2.05, 4.69) is 4.72 Å². The first-order chi connectivity index (χ1) is 12.8. The van der Waals surface area contributed by atoms with Gasteiger partial charge < -0.3 is 9.64 Å². The van der Waals surface area contributed by atoms with Crippen LogP contribution in [0, 0.1) is 6.92 Å². The first kappa shape index (κ1) is 19.5. The molecule has 6 nitrogen and oxygen atoms in total. The van der Waals surface area contributed by atoms with Gasteiger partial charge in [-0.2, -0.15) is 0 Å². The van der Waals surface area contributed by atoms with Crippen molar-refractivity contribution >= 4 is 33.2 Å². The molecular formula is C19H21ClN2O4S. The zero-order valence-electron chi connectivity index (χ0n) is 15.2. The second kappa shape index (κ2) is 7.78. The number of carbonyl (C=O) groups excluding carboxylic acids is 1. The number of rotatable bonds is 5. The van der Waals surface area contributed by atoms with Gasteiger partial charge in [0.15, 0.2) is 0 Å². The molecular weight excluding hydrogens is 388 g/mol. The lowest BCUT2D eigenvalue weighted by atomic mass is 10.1. The Morgan fingerprint density at radius 1 is 1.15 bits per heavy atom. The number of likely N-dealkylation sites (tertiary alicyclic amines) is 1. The number of hydrogen-bond acceptors (Lipinski definition) is 4. The minimum absolute atomic E-state index is 0.0837. The Bertz CT molecular complexity index is 970. The number of carbonyl (C=O) groups is 1. The standard InChI is InChI=1S/C19H21ClN2O4S/c1-13-11-15(6-8-18(13)26-2)27(24,25)21-17-12-14(20)5-7-16(17)19(23)22-9-3-4-10-22/h5-8,11-12,21H,3-4,9-10H2,1-2H3. The molecule has 0 radical (unpaired) electrons. The lowest BCUT2D eigenvalue weighted by Crippen LogP contribution is -2.28. The molecule has 0 atom stereocenters. The maximum atomic E-state index is 12.8. The molecule has 1 heterocycles. The normalized spacial score (nSPS) is 14.3. The molecule has 1 aliphatic heterocycles. The van der Waals surface area contributed by atoms with Crippen LogP contribution in [0.2, 0.25) is 5.02 Å². The Labute approximate surface area is 164 Å². The molecule has 2 aromatic carbocycles. The van der Waals surface area contributed by atoms with Crippen molar-refractivity contribution in [2.45, 2.75) is 24.7 Å². The SMILES string of the molecule is COc1ccc(S(=O)(=O)Nc2cc(Cl)ccc2C(=O)N2CCCC2)cc1C. The molecule has 0 spiro atoms. The van der Waals surface area contributed by atoms with Crippen LogP contribution in [0.3, 0.4) is 0 Å². The lowest BCUT2D eigenvalue weighted by Gasteiger charge is -2.19. The van der Waals surface area contributed by atoms with E-state index in [9.17, 15) is 13.2 Å². The molecule has 3 rings (SSSR count). The summed E-state index contributed by atoms with van der Waals surface area (Å²) in [5, 5.41) is 0.344. The number of nitrogens with zero attached hydrogens (tertiary/aromatic N) is 1. The number of amides is 1. The number of ether oxygens (including phenoxy) is 1. The Morgan fingerprint density at radius 2 is 1.85 bits per heavy atom. The van der Waals surface area contributed by atoms with Gasteiger partial charge >= 0.3 is 0 Å². The highest BCUT2D eigenvalue weighted by atomic mass is 35.5. The number of anilines is 1. The summed E-state index contributed by atoms with van der Waals surface area (Å²) in [4.78, 5) is 14.6. The maximum absolute atomic E-state index is 12.8. The molecule has 8 heteroatoms. The number of benzene rings is 2. The summed E-state index contributed by atoms with van der Waals surface area (Å²) in [5.74, 6) is 0.398. The van der Waals surface area contributed by atoms with E-state index in [4.69, 9.17) is 16.3 Å². The third-order valence-corrected chi connectivity index (χ3v) is 6.12. The Morgan fingerprint density at radius 3 is 2.48 bits per heavy atom. The molecule has 1 amide bonds. The lowest BCUT2D eigenvalue weighted by molar-refractivity contribution is 0.0794. The number of halogens is 1. The number of hydrogen-bond donors (Lipinski definition) is 1. The van der Waals surface area contributed by atoms with Crippen molar-refractivity contribution in [2.24, 2.45) is 0 Å². The predicted molar refractivity (Wildman–Crippen MR) is 105 cm³/mol. The summed E-state index contributed by atoms with van der Waals surface area (Å²) in [6.45, 7) is 3.11. The van der Waals surface area contributed by atoms with E-state index in [1.54, 1.807) is 30.0 Å². The topological polar surface area (TPSA) is 75.7 Å². The molecule has 1 aliphatic rings. The van der Waals surface area contributed by atoms with Crippen LogP contribution in [0.1, 0.15) is 28.8 Å². The quantitative estimate of drug-likeness (QED) is 0.818. The van der Waals surface area contributed by atoms with Gasteiger partial charge in [0.25, 0.3) is 15.9 Å². The van der Waals surface area contributed by atoms with Gasteiger partial charge in [0.1, 0.15) is 5.75 Å². The summed E-state index contributed by atoms with van der Waals surface area (Å²) < 4.78 is 33.4. The number of nitrogens with one attached hydrogen (secondary N) is 1. The van der Waals surface area contributed by atoms with Crippen molar-refractivity contribution in [3.8, 4) is 5.75 Å². The highest BCUT2D eigenvalue weighted by Crippen LogP contribution is 2.28. The third-order valence-electron chi connectivity index (χ3n) is 4.53. The highest BCUT2D eigenvalue weighted by molar-refractivity contribution is 7.92. The predicted octanol–water partition coefficient (Wildman–Crippen LogP) is 3.69. The minimum atomic E-state index is -3.89. The highest BCUT2D eigenvalue weighted by Gasteiger charge is 2.24. The maximum Gasteiger partial charge on any atom is 0.261 e. The second-order valence-corrected chi connectivity index (χ2v) is 8.54. The van der Waals surface area contributed by atoms with Gasteiger partial charge in [-0.3, -0.25) is 9.52 Å². The molecule has 1 fully saturated rings. The molecule has 27 heavy (non-hydrogen) atoms. The Kier molecular flexibility index (Phi) is 5.62. The largest absolute Gasteiger partial charge is 0.496 e. The minimum Gasteiger partial charge on any atom is -0.496 e. The van der Waals surface area contributed by atoms with Gasteiger partial charge in [-0.15, -0.1) is 0 Å². The van der Waals surface area contributed by atoms with Crippen molar-refractivity contribution in [3.63, 3.8) is 0 Å². The van der Waals surface area contributed by atoms with Gasteiger partial charge in [0.2, 0.25) is 0 Å². The van der Waals surface area contributed by atoms with E-state index in [0.29, 0.717) is 29.4 Å². The van der Waals surface area contributed by atoms with E-state index in [1.807, 2.05) is 0 Å². The van der Waals surface area contributed by atoms with Crippen LogP contribution in [0.15, 0.2) is 41.3 Å². The van der Waals surface area contributed by atoms with E-state index < -0.39 is 10.0 Å². The monoisotopic (exact) mass is 408 g/mol. The first-order valence-corrected chi connectivity index (χ1v) is 10.4. The number of methoxy groups -OCH3 is 1. The van der Waals surface area contributed by atoms with Crippen LogP contribution in [-0.4, -0.2) is 39.4 Å². The number of aryl methyl sites for hydroxylation is 1. The Hall–Kier alpha value is -2.25.